The second-order valence-electron chi connectivity index (χ2n) is 7.28. The predicted molar refractivity (Wildman–Crippen MR) is 130 cm³/mol. The van der Waals surface area contributed by atoms with E-state index in [0.29, 0.717) is 17.9 Å². The summed E-state index contributed by atoms with van der Waals surface area (Å²) in [4.78, 5) is 13.2. The van der Waals surface area contributed by atoms with Gasteiger partial charge in [-0.2, -0.15) is 5.10 Å². The fraction of sp³-hybridized carbons (Fsp3) is 0.154. The Morgan fingerprint density at radius 2 is 1.75 bits per heavy atom. The average Bonchev–Trinajstić information content (AvgIpc) is 3.28. The lowest BCUT2D eigenvalue weighted by atomic mass is 9.97. The maximum absolute atomic E-state index is 13.2. The van der Waals surface area contributed by atoms with E-state index in [9.17, 15) is 4.79 Å². The van der Waals surface area contributed by atoms with Crippen LogP contribution in [0.25, 0.3) is 6.08 Å². The van der Waals surface area contributed by atoms with Gasteiger partial charge >= 0.3 is 0 Å². The molecule has 6 heteroatoms. The molecule has 1 heterocycles. The summed E-state index contributed by atoms with van der Waals surface area (Å²) in [6, 6.07) is 23.0. The van der Waals surface area contributed by atoms with Gasteiger partial charge in [0, 0.05) is 22.5 Å². The quantitative estimate of drug-likeness (QED) is 0.406. The largest absolute Gasteiger partial charge is 0.493 e. The van der Waals surface area contributed by atoms with Gasteiger partial charge in [-0.15, -0.1) is 0 Å². The van der Waals surface area contributed by atoms with Gasteiger partial charge < -0.3 is 9.47 Å². The lowest BCUT2D eigenvalue weighted by Gasteiger charge is -2.23. The monoisotopic (exact) mass is 490 g/mol. The van der Waals surface area contributed by atoms with Gasteiger partial charge in [0.1, 0.15) is 0 Å². The third kappa shape index (κ3) is 4.60. The SMILES string of the molecule is COc1cccc([C@H]2CC(c3ccc(Br)cc3)=NN2C(=O)/C=C/c2ccccc2)c1OC. The first-order valence-electron chi connectivity index (χ1n) is 10.2. The second kappa shape index (κ2) is 9.83. The molecule has 0 radical (unpaired) electrons. The lowest BCUT2D eigenvalue weighted by Crippen LogP contribution is -2.25. The molecule has 5 nitrogen and oxygen atoms in total. The highest BCUT2D eigenvalue weighted by Crippen LogP contribution is 2.41. The molecule has 4 rings (SSSR count). The molecule has 0 fully saturated rings. The number of methoxy groups -OCH3 is 2. The number of nitrogens with zero attached hydrogens (tertiary/aromatic N) is 2. The summed E-state index contributed by atoms with van der Waals surface area (Å²) >= 11 is 3.47. The first-order valence-corrected chi connectivity index (χ1v) is 11.0. The molecular formula is C26H23BrN2O3. The molecule has 1 aliphatic heterocycles. The Kier molecular flexibility index (Phi) is 6.71. The number of hydrogen-bond donors (Lipinski definition) is 0. The van der Waals surface area contributed by atoms with Gasteiger partial charge in [-0.3, -0.25) is 4.79 Å². The average molecular weight is 491 g/mol. The summed E-state index contributed by atoms with van der Waals surface area (Å²) in [5.74, 6) is 1.03. The Balaban J connectivity index is 1.72. The molecule has 0 unspecified atom stereocenters. The van der Waals surface area contributed by atoms with Gasteiger partial charge in [0.05, 0.1) is 26.0 Å². The lowest BCUT2D eigenvalue weighted by molar-refractivity contribution is -0.127. The number of para-hydroxylation sites is 1. The maximum atomic E-state index is 13.2. The Hall–Kier alpha value is -3.38. The molecule has 0 aromatic heterocycles. The third-order valence-corrected chi connectivity index (χ3v) is 5.85. The van der Waals surface area contributed by atoms with Crippen LogP contribution in [-0.4, -0.2) is 30.8 Å². The van der Waals surface area contributed by atoms with Crippen LogP contribution in [0.5, 0.6) is 11.5 Å². The fourth-order valence-corrected chi connectivity index (χ4v) is 4.02. The summed E-state index contributed by atoms with van der Waals surface area (Å²) in [5, 5.41) is 6.26. The minimum atomic E-state index is -0.313. The molecular weight excluding hydrogens is 468 g/mol. The van der Waals surface area contributed by atoms with Crippen molar-refractivity contribution in [2.45, 2.75) is 12.5 Å². The van der Waals surface area contributed by atoms with Crippen LogP contribution >= 0.6 is 15.9 Å². The van der Waals surface area contributed by atoms with E-state index in [1.807, 2.05) is 72.8 Å². The van der Waals surface area contributed by atoms with Gasteiger partial charge in [-0.05, 0) is 35.4 Å². The number of carbonyl (C=O) groups is 1. The first-order chi connectivity index (χ1) is 15.6. The van der Waals surface area contributed by atoms with Gasteiger partial charge in [0.2, 0.25) is 0 Å². The number of hydrazone groups is 1. The van der Waals surface area contributed by atoms with E-state index in [4.69, 9.17) is 14.6 Å². The Labute approximate surface area is 196 Å². The first kappa shape index (κ1) is 21.8. The van der Waals surface area contributed by atoms with Crippen molar-refractivity contribution >= 4 is 33.6 Å². The van der Waals surface area contributed by atoms with Crippen LogP contribution in [0.1, 0.15) is 29.2 Å². The van der Waals surface area contributed by atoms with Crippen LogP contribution in [-0.2, 0) is 4.79 Å². The highest BCUT2D eigenvalue weighted by atomic mass is 79.9. The third-order valence-electron chi connectivity index (χ3n) is 5.32. The summed E-state index contributed by atoms with van der Waals surface area (Å²) in [7, 11) is 3.21. The van der Waals surface area contributed by atoms with E-state index in [0.717, 1.165) is 26.9 Å². The van der Waals surface area contributed by atoms with Gasteiger partial charge in [-0.1, -0.05) is 70.5 Å². The second-order valence-corrected chi connectivity index (χ2v) is 8.20. The molecule has 3 aromatic rings. The van der Waals surface area contributed by atoms with E-state index in [-0.39, 0.29) is 11.9 Å². The fourth-order valence-electron chi connectivity index (χ4n) is 3.76. The number of halogens is 1. The van der Waals surface area contributed by atoms with E-state index in [1.54, 1.807) is 26.4 Å². The van der Waals surface area contributed by atoms with Crippen molar-refractivity contribution in [3.8, 4) is 11.5 Å². The standard InChI is InChI=1S/C26H23BrN2O3/c1-31-24-10-6-9-21(26(24)32-2)23-17-22(19-12-14-20(27)15-13-19)28-29(23)25(30)16-11-18-7-4-3-5-8-18/h3-16,23H,17H2,1-2H3/b16-11+/t23-/m1/s1. The highest BCUT2D eigenvalue weighted by Gasteiger charge is 2.34. The number of rotatable bonds is 6. The molecule has 1 amide bonds. The van der Waals surface area contributed by atoms with E-state index < -0.39 is 0 Å². The van der Waals surface area contributed by atoms with Crippen molar-refractivity contribution in [3.05, 3.63) is 100 Å². The Morgan fingerprint density at radius 3 is 2.44 bits per heavy atom. The normalized spacial score (nSPS) is 15.7. The van der Waals surface area contributed by atoms with Crippen molar-refractivity contribution in [1.82, 2.24) is 5.01 Å². The van der Waals surface area contributed by atoms with Crippen molar-refractivity contribution < 1.29 is 14.3 Å². The summed E-state index contributed by atoms with van der Waals surface area (Å²) < 4.78 is 12.1. The van der Waals surface area contributed by atoms with Crippen LogP contribution in [0.4, 0.5) is 0 Å². The van der Waals surface area contributed by atoms with E-state index in [1.165, 1.54) is 5.01 Å². The van der Waals surface area contributed by atoms with Crippen LogP contribution in [0.15, 0.2) is 88.4 Å². The van der Waals surface area contributed by atoms with Crippen molar-refractivity contribution in [2.75, 3.05) is 14.2 Å². The molecule has 0 saturated carbocycles. The number of hydrogen-bond acceptors (Lipinski definition) is 4. The van der Waals surface area contributed by atoms with Crippen LogP contribution < -0.4 is 9.47 Å². The van der Waals surface area contributed by atoms with Crippen LogP contribution in [0.2, 0.25) is 0 Å². The number of benzene rings is 3. The minimum absolute atomic E-state index is 0.198. The molecule has 0 spiro atoms. The molecule has 1 aliphatic rings. The molecule has 0 bridgehead atoms. The Bertz CT molecular complexity index is 1160. The maximum Gasteiger partial charge on any atom is 0.267 e. The predicted octanol–water partition coefficient (Wildman–Crippen LogP) is 5.86. The van der Waals surface area contributed by atoms with Crippen molar-refractivity contribution in [2.24, 2.45) is 5.10 Å². The highest BCUT2D eigenvalue weighted by molar-refractivity contribution is 9.10. The van der Waals surface area contributed by atoms with Crippen molar-refractivity contribution in [3.63, 3.8) is 0 Å². The van der Waals surface area contributed by atoms with Gasteiger partial charge in [0.15, 0.2) is 11.5 Å². The van der Waals surface area contributed by atoms with E-state index in [2.05, 4.69) is 15.9 Å². The molecule has 32 heavy (non-hydrogen) atoms. The van der Waals surface area contributed by atoms with Gasteiger partial charge in [-0.25, -0.2) is 5.01 Å². The molecule has 1 atom stereocenters. The number of amides is 1. The topological polar surface area (TPSA) is 51.1 Å². The van der Waals surface area contributed by atoms with Gasteiger partial charge in [0.25, 0.3) is 5.91 Å². The smallest absolute Gasteiger partial charge is 0.267 e. The number of carbonyl (C=O) groups excluding carboxylic acids is 1. The van der Waals surface area contributed by atoms with Crippen LogP contribution in [0.3, 0.4) is 0 Å². The van der Waals surface area contributed by atoms with E-state index >= 15 is 0 Å². The summed E-state index contributed by atoms with van der Waals surface area (Å²) in [6.07, 6.45) is 3.93. The summed E-state index contributed by atoms with van der Waals surface area (Å²) in [5.41, 5.74) is 3.62. The van der Waals surface area contributed by atoms with Crippen molar-refractivity contribution in [1.29, 1.82) is 0 Å². The zero-order valence-corrected chi connectivity index (χ0v) is 19.5. The Morgan fingerprint density at radius 1 is 1.00 bits per heavy atom. The molecule has 0 saturated heterocycles. The minimum Gasteiger partial charge on any atom is -0.493 e. The molecule has 3 aromatic carbocycles. The zero-order chi connectivity index (χ0) is 22.5. The van der Waals surface area contributed by atoms with Crippen LogP contribution in [0, 0.1) is 0 Å². The number of ether oxygens (including phenoxy) is 2. The summed E-state index contributed by atoms with van der Waals surface area (Å²) in [6.45, 7) is 0. The zero-order valence-electron chi connectivity index (χ0n) is 17.9. The molecule has 0 N–H and O–H groups in total. The molecule has 162 valence electrons. The molecule has 0 aliphatic carbocycles.